The van der Waals surface area contributed by atoms with E-state index in [0.717, 1.165) is 36.9 Å². The first-order chi connectivity index (χ1) is 14.0. The van der Waals surface area contributed by atoms with E-state index >= 15 is 0 Å². The van der Waals surface area contributed by atoms with Gasteiger partial charge in [0.05, 0.1) is 18.8 Å². The maximum atomic E-state index is 5.17. The second kappa shape index (κ2) is 9.60. The van der Waals surface area contributed by atoms with Crippen LogP contribution in [0, 0.1) is 20.8 Å². The normalized spacial score (nSPS) is 12.0. The summed E-state index contributed by atoms with van der Waals surface area (Å²) in [6.45, 7) is 9.18. The zero-order valence-electron chi connectivity index (χ0n) is 18.1. The number of nitrogens with one attached hydrogen (secondary N) is 3. The van der Waals surface area contributed by atoms with Crippen LogP contribution >= 0.6 is 0 Å². The average Bonchev–Trinajstić information content (AvgIpc) is 3.23. The number of rotatable bonds is 8. The molecule has 0 aliphatic carbocycles. The third kappa shape index (κ3) is 4.98. The predicted molar refractivity (Wildman–Crippen MR) is 119 cm³/mol. The number of hydrogen-bond donors (Lipinski definition) is 3. The molecule has 29 heavy (non-hydrogen) atoms. The number of aryl methyl sites for hydroxylation is 2. The SMILES string of the molecule is CN=C(NCCc1c[nH]c2cc(C)ccc12)NCc1c(C)nn(CCOC)c1C. The topological polar surface area (TPSA) is 79.3 Å². The summed E-state index contributed by atoms with van der Waals surface area (Å²) >= 11 is 0. The minimum Gasteiger partial charge on any atom is -0.383 e. The van der Waals surface area contributed by atoms with E-state index in [1.807, 2.05) is 11.6 Å². The summed E-state index contributed by atoms with van der Waals surface area (Å²) in [6, 6.07) is 6.53. The Labute approximate surface area is 172 Å². The highest BCUT2D eigenvalue weighted by atomic mass is 16.5. The first-order valence-corrected chi connectivity index (χ1v) is 10.1. The molecule has 0 aliphatic rings. The van der Waals surface area contributed by atoms with Crippen LogP contribution in [0.25, 0.3) is 10.9 Å². The molecular formula is C22H32N6O. The predicted octanol–water partition coefficient (Wildman–Crippen LogP) is 2.84. The molecule has 0 saturated heterocycles. The van der Waals surface area contributed by atoms with Gasteiger partial charge >= 0.3 is 0 Å². The van der Waals surface area contributed by atoms with E-state index < -0.39 is 0 Å². The Morgan fingerprint density at radius 1 is 1.24 bits per heavy atom. The van der Waals surface area contributed by atoms with Gasteiger partial charge in [0.1, 0.15) is 0 Å². The molecule has 0 fully saturated rings. The van der Waals surface area contributed by atoms with Gasteiger partial charge in [-0.25, -0.2) is 0 Å². The van der Waals surface area contributed by atoms with Gasteiger partial charge in [-0.1, -0.05) is 12.1 Å². The number of nitrogens with zero attached hydrogens (tertiary/aromatic N) is 3. The van der Waals surface area contributed by atoms with Crippen LogP contribution in [-0.4, -0.2) is 48.0 Å². The van der Waals surface area contributed by atoms with Crippen LogP contribution < -0.4 is 10.6 Å². The van der Waals surface area contributed by atoms with Crippen molar-refractivity contribution >= 4 is 16.9 Å². The highest BCUT2D eigenvalue weighted by molar-refractivity contribution is 5.84. The molecule has 0 unspecified atom stereocenters. The molecule has 3 aromatic rings. The van der Waals surface area contributed by atoms with Gasteiger partial charge in [-0.15, -0.1) is 0 Å². The smallest absolute Gasteiger partial charge is 0.191 e. The highest BCUT2D eigenvalue weighted by Crippen LogP contribution is 2.19. The fraction of sp³-hybridized carbons (Fsp3) is 0.455. The summed E-state index contributed by atoms with van der Waals surface area (Å²) in [6.07, 6.45) is 3.03. The maximum absolute atomic E-state index is 5.17. The standard InChI is InChI=1S/C22H32N6O/c1-15-6-7-19-18(13-25-21(19)12-15)8-9-24-22(23-4)26-14-20-16(2)27-28(17(20)3)10-11-29-5/h6-7,12-13,25H,8-11,14H2,1-5H3,(H2,23,24,26). The Balaban J connectivity index is 1.54. The zero-order valence-corrected chi connectivity index (χ0v) is 18.1. The van der Waals surface area contributed by atoms with Gasteiger partial charge < -0.3 is 20.4 Å². The average molecular weight is 397 g/mol. The molecule has 0 saturated carbocycles. The number of methoxy groups -OCH3 is 1. The maximum Gasteiger partial charge on any atom is 0.191 e. The third-order valence-corrected chi connectivity index (χ3v) is 5.30. The van der Waals surface area contributed by atoms with Crippen molar-refractivity contribution in [3.63, 3.8) is 0 Å². The van der Waals surface area contributed by atoms with E-state index in [4.69, 9.17) is 4.74 Å². The Morgan fingerprint density at radius 2 is 2.07 bits per heavy atom. The first-order valence-electron chi connectivity index (χ1n) is 10.1. The molecule has 0 radical (unpaired) electrons. The van der Waals surface area contributed by atoms with Crippen molar-refractivity contribution in [2.45, 2.75) is 40.3 Å². The molecule has 0 aliphatic heterocycles. The van der Waals surface area contributed by atoms with Gasteiger partial charge in [0, 0.05) is 55.6 Å². The van der Waals surface area contributed by atoms with E-state index in [1.54, 1.807) is 14.2 Å². The second-order valence-corrected chi connectivity index (χ2v) is 7.33. The molecule has 0 spiro atoms. The number of ether oxygens (including phenoxy) is 1. The van der Waals surface area contributed by atoms with Crippen LogP contribution in [0.5, 0.6) is 0 Å². The number of aromatic amines is 1. The van der Waals surface area contributed by atoms with Crippen molar-refractivity contribution in [1.29, 1.82) is 0 Å². The van der Waals surface area contributed by atoms with E-state index in [0.29, 0.717) is 13.2 Å². The van der Waals surface area contributed by atoms with Crippen molar-refractivity contribution < 1.29 is 4.74 Å². The van der Waals surface area contributed by atoms with Crippen molar-refractivity contribution in [2.75, 3.05) is 27.3 Å². The summed E-state index contributed by atoms with van der Waals surface area (Å²) in [5.74, 6) is 0.795. The molecule has 7 heteroatoms. The third-order valence-electron chi connectivity index (χ3n) is 5.30. The minimum absolute atomic E-state index is 0.658. The summed E-state index contributed by atoms with van der Waals surface area (Å²) in [5.41, 5.74) is 7.18. The number of hydrogen-bond acceptors (Lipinski definition) is 3. The summed E-state index contributed by atoms with van der Waals surface area (Å²) in [5, 5.41) is 12.7. The number of guanidine groups is 1. The lowest BCUT2D eigenvalue weighted by Gasteiger charge is -2.12. The lowest BCUT2D eigenvalue weighted by Crippen LogP contribution is -2.38. The molecule has 2 heterocycles. The second-order valence-electron chi connectivity index (χ2n) is 7.33. The van der Waals surface area contributed by atoms with Crippen LogP contribution in [0.1, 0.15) is 28.1 Å². The highest BCUT2D eigenvalue weighted by Gasteiger charge is 2.12. The number of aliphatic imine (C=N–C) groups is 1. The quantitative estimate of drug-likeness (QED) is 0.404. The van der Waals surface area contributed by atoms with Crippen molar-refractivity contribution in [3.8, 4) is 0 Å². The Kier molecular flexibility index (Phi) is 6.93. The van der Waals surface area contributed by atoms with Crippen LogP contribution in [0.2, 0.25) is 0 Å². The summed E-state index contributed by atoms with van der Waals surface area (Å²) in [4.78, 5) is 7.72. The van der Waals surface area contributed by atoms with Gasteiger partial charge in [-0.2, -0.15) is 5.10 Å². The number of benzene rings is 1. The van der Waals surface area contributed by atoms with E-state index in [9.17, 15) is 0 Å². The molecule has 0 amide bonds. The molecule has 3 N–H and O–H groups in total. The van der Waals surface area contributed by atoms with Crippen LogP contribution in [0.15, 0.2) is 29.4 Å². The molecule has 1 aromatic carbocycles. The largest absolute Gasteiger partial charge is 0.383 e. The lowest BCUT2D eigenvalue weighted by molar-refractivity contribution is 0.182. The van der Waals surface area contributed by atoms with Gasteiger partial charge in [0.25, 0.3) is 0 Å². The summed E-state index contributed by atoms with van der Waals surface area (Å²) < 4.78 is 7.17. The molecule has 2 aromatic heterocycles. The van der Waals surface area contributed by atoms with Crippen LogP contribution in [0.4, 0.5) is 0 Å². The molecule has 0 bridgehead atoms. The van der Waals surface area contributed by atoms with Gasteiger partial charge in [0.15, 0.2) is 5.96 Å². The van der Waals surface area contributed by atoms with E-state index in [1.165, 1.54) is 27.6 Å². The van der Waals surface area contributed by atoms with Gasteiger partial charge in [0.2, 0.25) is 0 Å². The first kappa shape index (κ1) is 20.9. The Morgan fingerprint density at radius 3 is 2.83 bits per heavy atom. The fourth-order valence-corrected chi connectivity index (χ4v) is 3.60. The number of aromatic nitrogens is 3. The molecule has 0 atom stereocenters. The van der Waals surface area contributed by atoms with Gasteiger partial charge in [-0.3, -0.25) is 9.67 Å². The molecule has 7 nitrogen and oxygen atoms in total. The Hall–Kier alpha value is -2.80. The zero-order chi connectivity index (χ0) is 20.8. The van der Waals surface area contributed by atoms with Crippen LogP contribution in [0.3, 0.4) is 0 Å². The van der Waals surface area contributed by atoms with Crippen molar-refractivity contribution in [1.82, 2.24) is 25.4 Å². The molecule has 3 rings (SSSR count). The lowest BCUT2D eigenvalue weighted by atomic mass is 10.1. The van der Waals surface area contributed by atoms with E-state index in [2.05, 4.69) is 64.0 Å². The van der Waals surface area contributed by atoms with Gasteiger partial charge in [-0.05, 0) is 44.4 Å². The molecule has 156 valence electrons. The van der Waals surface area contributed by atoms with Crippen molar-refractivity contribution in [2.24, 2.45) is 4.99 Å². The number of H-pyrrole nitrogens is 1. The monoisotopic (exact) mass is 396 g/mol. The molecular weight excluding hydrogens is 364 g/mol. The Bertz CT molecular complexity index is 985. The fourth-order valence-electron chi connectivity index (χ4n) is 3.60. The van der Waals surface area contributed by atoms with E-state index in [-0.39, 0.29) is 0 Å². The van der Waals surface area contributed by atoms with Crippen molar-refractivity contribution in [3.05, 3.63) is 52.5 Å². The van der Waals surface area contributed by atoms with Crippen LogP contribution in [-0.2, 0) is 24.2 Å². The minimum atomic E-state index is 0.658. The number of fused-ring (bicyclic) bond motifs is 1. The summed E-state index contributed by atoms with van der Waals surface area (Å²) in [7, 11) is 3.51.